The molecule has 1 N–H and O–H groups in total. The van der Waals surface area contributed by atoms with Crippen LogP contribution in [0.4, 0.5) is 5.69 Å². The van der Waals surface area contributed by atoms with Crippen molar-refractivity contribution < 1.29 is 14.2 Å². The minimum atomic E-state index is 0.250. The van der Waals surface area contributed by atoms with Crippen molar-refractivity contribution in [3.8, 4) is 17.2 Å². The highest BCUT2D eigenvalue weighted by Gasteiger charge is 2.19. The number of fused-ring (bicyclic) bond motifs is 1. The standard InChI is InChI=1S/C16H17NO3/c1-11-5-3-4-6-13(11)17-9-12-7-14(18-2)16-15(8-12)19-10-20-16/h3-8,17H,9-10H2,1-2H3. The van der Waals surface area contributed by atoms with Crippen LogP contribution in [-0.2, 0) is 6.54 Å². The monoisotopic (exact) mass is 271 g/mol. The van der Waals surface area contributed by atoms with E-state index in [1.165, 1.54) is 5.56 Å². The molecular weight excluding hydrogens is 254 g/mol. The van der Waals surface area contributed by atoms with E-state index < -0.39 is 0 Å². The molecule has 0 aliphatic carbocycles. The van der Waals surface area contributed by atoms with Gasteiger partial charge in [0.05, 0.1) is 7.11 Å². The van der Waals surface area contributed by atoms with Gasteiger partial charge < -0.3 is 19.5 Å². The smallest absolute Gasteiger partial charge is 0.231 e. The van der Waals surface area contributed by atoms with Gasteiger partial charge in [-0.15, -0.1) is 0 Å². The Bertz CT molecular complexity index is 625. The number of hydrogen-bond donors (Lipinski definition) is 1. The first-order valence-corrected chi connectivity index (χ1v) is 6.54. The molecule has 20 heavy (non-hydrogen) atoms. The van der Waals surface area contributed by atoms with E-state index in [0.29, 0.717) is 18.0 Å². The highest BCUT2D eigenvalue weighted by Crippen LogP contribution is 2.41. The van der Waals surface area contributed by atoms with Crippen molar-refractivity contribution in [1.29, 1.82) is 0 Å². The van der Waals surface area contributed by atoms with Crippen molar-refractivity contribution in [3.63, 3.8) is 0 Å². The lowest BCUT2D eigenvalue weighted by Gasteiger charge is -2.11. The van der Waals surface area contributed by atoms with E-state index in [-0.39, 0.29) is 6.79 Å². The Hall–Kier alpha value is -2.36. The number of hydrogen-bond acceptors (Lipinski definition) is 4. The third-order valence-electron chi connectivity index (χ3n) is 3.35. The summed E-state index contributed by atoms with van der Waals surface area (Å²) in [6, 6.07) is 12.2. The Kier molecular flexibility index (Phi) is 3.37. The fraction of sp³-hybridized carbons (Fsp3) is 0.250. The number of methoxy groups -OCH3 is 1. The van der Waals surface area contributed by atoms with Crippen LogP contribution in [0.2, 0.25) is 0 Å². The Morgan fingerprint density at radius 1 is 1.20 bits per heavy atom. The van der Waals surface area contributed by atoms with Crippen LogP contribution < -0.4 is 19.5 Å². The second kappa shape index (κ2) is 5.33. The molecule has 4 nitrogen and oxygen atoms in total. The molecule has 1 aliphatic heterocycles. The number of anilines is 1. The second-order valence-electron chi connectivity index (χ2n) is 4.70. The highest BCUT2D eigenvalue weighted by molar-refractivity contribution is 5.56. The molecular formula is C16H17NO3. The average Bonchev–Trinajstić information content (AvgIpc) is 2.94. The van der Waals surface area contributed by atoms with Crippen molar-refractivity contribution >= 4 is 5.69 Å². The van der Waals surface area contributed by atoms with Crippen molar-refractivity contribution in [2.75, 3.05) is 19.2 Å². The summed E-state index contributed by atoms with van der Waals surface area (Å²) in [6.07, 6.45) is 0. The van der Waals surface area contributed by atoms with E-state index in [1.54, 1.807) is 7.11 Å². The number of rotatable bonds is 4. The zero-order chi connectivity index (χ0) is 13.9. The van der Waals surface area contributed by atoms with Crippen LogP contribution in [-0.4, -0.2) is 13.9 Å². The molecule has 4 heteroatoms. The van der Waals surface area contributed by atoms with Gasteiger partial charge in [-0.2, -0.15) is 0 Å². The number of ether oxygens (including phenoxy) is 3. The van der Waals surface area contributed by atoms with Gasteiger partial charge in [0.15, 0.2) is 11.5 Å². The van der Waals surface area contributed by atoms with Crippen LogP contribution in [0.3, 0.4) is 0 Å². The SMILES string of the molecule is COc1cc(CNc2ccccc2C)cc2c1OCO2. The summed E-state index contributed by atoms with van der Waals surface area (Å²) in [4.78, 5) is 0. The largest absolute Gasteiger partial charge is 0.493 e. The fourth-order valence-electron chi connectivity index (χ4n) is 2.25. The summed E-state index contributed by atoms with van der Waals surface area (Å²) < 4.78 is 16.2. The molecule has 0 aromatic heterocycles. The number of para-hydroxylation sites is 1. The van der Waals surface area contributed by atoms with Gasteiger partial charge in [0.25, 0.3) is 0 Å². The minimum Gasteiger partial charge on any atom is -0.493 e. The van der Waals surface area contributed by atoms with Crippen LogP contribution in [0.1, 0.15) is 11.1 Å². The molecule has 1 heterocycles. The zero-order valence-corrected chi connectivity index (χ0v) is 11.6. The molecule has 0 bridgehead atoms. The normalized spacial score (nSPS) is 12.3. The molecule has 0 radical (unpaired) electrons. The third-order valence-corrected chi connectivity index (χ3v) is 3.35. The topological polar surface area (TPSA) is 39.7 Å². The maximum Gasteiger partial charge on any atom is 0.231 e. The van der Waals surface area contributed by atoms with Crippen LogP contribution in [0.25, 0.3) is 0 Å². The molecule has 0 fully saturated rings. The first kappa shape index (κ1) is 12.7. The molecule has 0 spiro atoms. The zero-order valence-electron chi connectivity index (χ0n) is 11.6. The van der Waals surface area contributed by atoms with E-state index in [1.807, 2.05) is 24.3 Å². The van der Waals surface area contributed by atoms with Crippen molar-refractivity contribution in [3.05, 3.63) is 47.5 Å². The first-order valence-electron chi connectivity index (χ1n) is 6.54. The molecule has 0 saturated heterocycles. The van der Waals surface area contributed by atoms with Crippen molar-refractivity contribution in [2.24, 2.45) is 0 Å². The first-order chi connectivity index (χ1) is 9.78. The molecule has 0 atom stereocenters. The maximum atomic E-state index is 5.43. The quantitative estimate of drug-likeness (QED) is 0.925. The Balaban J connectivity index is 1.80. The van der Waals surface area contributed by atoms with Gasteiger partial charge in [-0.1, -0.05) is 18.2 Å². The van der Waals surface area contributed by atoms with E-state index in [2.05, 4.69) is 24.4 Å². The van der Waals surface area contributed by atoms with Gasteiger partial charge in [-0.05, 0) is 36.2 Å². The molecule has 0 amide bonds. The predicted octanol–water partition coefficient (Wildman–Crippen LogP) is 3.34. The van der Waals surface area contributed by atoms with Gasteiger partial charge in [-0.25, -0.2) is 0 Å². The van der Waals surface area contributed by atoms with Gasteiger partial charge in [0.1, 0.15) is 0 Å². The molecule has 1 aliphatic rings. The summed E-state index contributed by atoms with van der Waals surface area (Å²) in [5.74, 6) is 2.14. The van der Waals surface area contributed by atoms with Crippen molar-refractivity contribution in [1.82, 2.24) is 0 Å². The van der Waals surface area contributed by atoms with Crippen LogP contribution >= 0.6 is 0 Å². The van der Waals surface area contributed by atoms with E-state index in [0.717, 1.165) is 17.0 Å². The number of benzene rings is 2. The van der Waals surface area contributed by atoms with Gasteiger partial charge in [0, 0.05) is 12.2 Å². The lowest BCUT2D eigenvalue weighted by Crippen LogP contribution is -2.01. The number of aryl methyl sites for hydroxylation is 1. The van der Waals surface area contributed by atoms with E-state index >= 15 is 0 Å². The summed E-state index contributed by atoms with van der Waals surface area (Å²) >= 11 is 0. The van der Waals surface area contributed by atoms with E-state index in [4.69, 9.17) is 14.2 Å². The van der Waals surface area contributed by atoms with Crippen LogP contribution in [0.15, 0.2) is 36.4 Å². The molecule has 2 aromatic rings. The average molecular weight is 271 g/mol. The fourth-order valence-corrected chi connectivity index (χ4v) is 2.25. The summed E-state index contributed by atoms with van der Waals surface area (Å²) in [6.45, 7) is 3.04. The van der Waals surface area contributed by atoms with Gasteiger partial charge >= 0.3 is 0 Å². The lowest BCUT2D eigenvalue weighted by atomic mass is 10.1. The summed E-state index contributed by atoms with van der Waals surface area (Å²) in [5, 5.41) is 3.42. The predicted molar refractivity (Wildman–Crippen MR) is 77.6 cm³/mol. The summed E-state index contributed by atoms with van der Waals surface area (Å²) in [7, 11) is 1.63. The third kappa shape index (κ3) is 2.37. The molecule has 3 rings (SSSR count). The summed E-state index contributed by atoms with van der Waals surface area (Å²) in [5.41, 5.74) is 3.44. The molecule has 0 saturated carbocycles. The van der Waals surface area contributed by atoms with E-state index in [9.17, 15) is 0 Å². The number of nitrogens with one attached hydrogen (secondary N) is 1. The van der Waals surface area contributed by atoms with Crippen LogP contribution in [0, 0.1) is 6.92 Å². The minimum absolute atomic E-state index is 0.250. The van der Waals surface area contributed by atoms with Gasteiger partial charge in [-0.3, -0.25) is 0 Å². The van der Waals surface area contributed by atoms with Gasteiger partial charge in [0.2, 0.25) is 12.5 Å². The maximum absolute atomic E-state index is 5.43. The highest BCUT2D eigenvalue weighted by atomic mass is 16.7. The lowest BCUT2D eigenvalue weighted by molar-refractivity contribution is 0.171. The Morgan fingerprint density at radius 2 is 2.05 bits per heavy atom. The Morgan fingerprint density at radius 3 is 2.85 bits per heavy atom. The van der Waals surface area contributed by atoms with Crippen LogP contribution in [0.5, 0.6) is 17.2 Å². The Labute approximate surface area is 118 Å². The molecule has 104 valence electrons. The molecule has 2 aromatic carbocycles. The second-order valence-corrected chi connectivity index (χ2v) is 4.70. The van der Waals surface area contributed by atoms with Crippen molar-refractivity contribution in [2.45, 2.75) is 13.5 Å². The molecule has 0 unspecified atom stereocenters.